The first-order chi connectivity index (χ1) is 16.2. The molecule has 10 nitrogen and oxygen atoms in total. The quantitative estimate of drug-likeness (QED) is 0.365. The van der Waals surface area contributed by atoms with Crippen LogP contribution in [0.1, 0.15) is 36.9 Å². The Bertz CT molecular complexity index is 1210. The lowest BCUT2D eigenvalue weighted by atomic mass is 9.93. The molecule has 0 atom stereocenters. The maximum absolute atomic E-state index is 12.6. The number of nitrogens with one attached hydrogen (secondary N) is 3. The average Bonchev–Trinajstić information content (AvgIpc) is 3.28. The Balaban J connectivity index is 1.57. The lowest BCUT2D eigenvalue weighted by Gasteiger charge is -2.12. The van der Waals surface area contributed by atoms with Crippen LogP contribution in [-0.4, -0.2) is 36.9 Å². The van der Waals surface area contributed by atoms with Crippen LogP contribution in [0.2, 0.25) is 0 Å². The minimum Gasteiger partial charge on any atom is -0.425 e. The third kappa shape index (κ3) is 6.52. The number of aliphatic imine (C=N–C) groups is 2. The van der Waals surface area contributed by atoms with E-state index in [2.05, 4.69) is 37.8 Å². The summed E-state index contributed by atoms with van der Waals surface area (Å²) >= 11 is 0. The van der Waals surface area contributed by atoms with Crippen molar-refractivity contribution < 1.29 is 18.8 Å². The van der Waals surface area contributed by atoms with Gasteiger partial charge in [-0.3, -0.25) is 10.1 Å². The van der Waals surface area contributed by atoms with E-state index < -0.39 is 6.03 Å². The van der Waals surface area contributed by atoms with Gasteiger partial charge in [0.25, 0.3) is 5.91 Å². The highest BCUT2D eigenvalue weighted by atomic mass is 16.5. The molecule has 1 aromatic heterocycles. The van der Waals surface area contributed by atoms with E-state index in [1.165, 1.54) is 7.05 Å². The third-order valence-electron chi connectivity index (χ3n) is 4.52. The second-order valence-corrected chi connectivity index (χ2v) is 8.23. The summed E-state index contributed by atoms with van der Waals surface area (Å²) < 4.78 is 10.7. The molecular formula is C24H26N6O4. The number of aromatic nitrogens is 1. The molecule has 3 N–H and O–H groups in total. The van der Waals surface area contributed by atoms with E-state index in [0.29, 0.717) is 34.3 Å². The molecule has 0 unspecified atom stereocenters. The topological polar surface area (TPSA) is 130 Å². The normalized spacial score (nSPS) is 11.5. The zero-order valence-corrected chi connectivity index (χ0v) is 19.4. The molecule has 3 aromatic rings. The van der Waals surface area contributed by atoms with Crippen LogP contribution in [0.5, 0.6) is 5.75 Å². The molecule has 0 saturated carbocycles. The van der Waals surface area contributed by atoms with Gasteiger partial charge in [0.15, 0.2) is 5.82 Å². The van der Waals surface area contributed by atoms with Crippen LogP contribution >= 0.6 is 0 Å². The highest BCUT2D eigenvalue weighted by Crippen LogP contribution is 2.24. The molecule has 34 heavy (non-hydrogen) atoms. The predicted octanol–water partition coefficient (Wildman–Crippen LogP) is 4.93. The Labute approximate surface area is 197 Å². The third-order valence-corrected chi connectivity index (χ3v) is 4.52. The Hall–Kier alpha value is -4.47. The fourth-order valence-electron chi connectivity index (χ4n) is 2.76. The summed E-state index contributed by atoms with van der Waals surface area (Å²) in [5.74, 6) is 1.06. The van der Waals surface area contributed by atoms with Gasteiger partial charge in [-0.1, -0.05) is 32.0 Å². The van der Waals surface area contributed by atoms with Crippen molar-refractivity contribution in [2.24, 2.45) is 9.98 Å². The zero-order valence-electron chi connectivity index (χ0n) is 19.4. The minimum absolute atomic E-state index is 0.0999. The number of hydrogen-bond acceptors (Lipinski definition) is 6. The van der Waals surface area contributed by atoms with Crippen LogP contribution in [0.4, 0.5) is 22.0 Å². The van der Waals surface area contributed by atoms with E-state index in [0.717, 1.165) is 0 Å². The number of carbonyl (C=O) groups excluding carboxylic acids is 2. The summed E-state index contributed by atoms with van der Waals surface area (Å²) in [6.45, 7) is 9.33. The lowest BCUT2D eigenvalue weighted by Crippen LogP contribution is -2.19. The molecule has 3 amide bonds. The molecule has 3 rings (SSSR count). The van der Waals surface area contributed by atoms with E-state index in [4.69, 9.17) is 9.26 Å². The number of ether oxygens (including phenoxy) is 1. The number of amides is 3. The van der Waals surface area contributed by atoms with Gasteiger partial charge in [0.2, 0.25) is 0 Å². The second-order valence-electron chi connectivity index (χ2n) is 8.23. The molecule has 0 aliphatic heterocycles. The Morgan fingerprint density at radius 3 is 2.26 bits per heavy atom. The second kappa shape index (κ2) is 10.4. The summed E-state index contributed by atoms with van der Waals surface area (Å²) in [6, 6.07) is 14.6. The van der Waals surface area contributed by atoms with Gasteiger partial charge in [-0.25, -0.2) is 14.8 Å². The van der Waals surface area contributed by atoms with Gasteiger partial charge in [-0.15, -0.1) is 0 Å². The fourth-order valence-corrected chi connectivity index (χ4v) is 2.76. The molecule has 0 fully saturated rings. The van der Waals surface area contributed by atoms with Crippen molar-refractivity contribution in [3.63, 3.8) is 0 Å². The van der Waals surface area contributed by atoms with Gasteiger partial charge >= 0.3 is 12.1 Å². The van der Waals surface area contributed by atoms with Crippen molar-refractivity contribution in [2.45, 2.75) is 26.2 Å². The predicted molar refractivity (Wildman–Crippen MR) is 132 cm³/mol. The molecular weight excluding hydrogens is 436 g/mol. The highest BCUT2D eigenvalue weighted by molar-refractivity contribution is 6.05. The summed E-state index contributed by atoms with van der Waals surface area (Å²) in [6.07, 6.45) is 0. The maximum Gasteiger partial charge on any atom is 0.324 e. The Morgan fingerprint density at radius 2 is 1.68 bits per heavy atom. The van der Waals surface area contributed by atoms with Crippen LogP contribution in [0.15, 0.2) is 69.1 Å². The number of anilines is 3. The van der Waals surface area contributed by atoms with Gasteiger partial charge in [0.05, 0.1) is 0 Å². The molecule has 10 heteroatoms. The van der Waals surface area contributed by atoms with Gasteiger partial charge in [-0.05, 0) is 49.2 Å². The van der Waals surface area contributed by atoms with Crippen molar-refractivity contribution in [2.75, 3.05) is 23.0 Å². The van der Waals surface area contributed by atoms with Gasteiger partial charge in [-0.2, -0.15) is 0 Å². The summed E-state index contributed by atoms with van der Waals surface area (Å²) in [4.78, 5) is 32.3. The first kappa shape index (κ1) is 24.2. The average molecular weight is 463 g/mol. The van der Waals surface area contributed by atoms with Gasteiger partial charge < -0.3 is 19.9 Å². The number of carbonyl (C=O) groups is 2. The number of nitrogens with zero attached hydrogens (tertiary/aromatic N) is 3. The van der Waals surface area contributed by atoms with Crippen LogP contribution in [-0.2, 0) is 5.41 Å². The van der Waals surface area contributed by atoms with E-state index in [9.17, 15) is 9.59 Å². The molecule has 0 saturated heterocycles. The monoisotopic (exact) mass is 462 g/mol. The smallest absolute Gasteiger partial charge is 0.324 e. The zero-order chi connectivity index (χ0) is 24.7. The van der Waals surface area contributed by atoms with Crippen LogP contribution in [0.3, 0.4) is 0 Å². The van der Waals surface area contributed by atoms with Crippen LogP contribution in [0.25, 0.3) is 0 Å². The molecule has 0 bridgehead atoms. The summed E-state index contributed by atoms with van der Waals surface area (Å²) in [5.41, 5.74) is 1.26. The molecule has 0 spiro atoms. The highest BCUT2D eigenvalue weighted by Gasteiger charge is 2.20. The van der Waals surface area contributed by atoms with Crippen LogP contribution in [0, 0.1) is 0 Å². The SMILES string of the molecule is C=N/C(=N\C)Oc1cccc(C(=O)Nc2ccc(NC(=O)Nc3cc(C(C)(C)C)on3)cc2)c1. The van der Waals surface area contributed by atoms with E-state index >= 15 is 0 Å². The molecule has 2 aromatic carbocycles. The fraction of sp³-hybridized carbons (Fsp3) is 0.208. The van der Waals surface area contributed by atoms with Crippen molar-refractivity contribution in [1.82, 2.24) is 5.16 Å². The van der Waals surface area contributed by atoms with Gasteiger partial charge in [0, 0.05) is 35.5 Å². The molecule has 1 heterocycles. The molecule has 0 aliphatic carbocycles. The molecule has 0 aliphatic rings. The van der Waals surface area contributed by atoms with Crippen molar-refractivity contribution in [3.05, 3.63) is 65.9 Å². The first-order valence-electron chi connectivity index (χ1n) is 10.4. The van der Waals surface area contributed by atoms with E-state index in [1.807, 2.05) is 20.8 Å². The maximum atomic E-state index is 12.6. The van der Waals surface area contributed by atoms with Crippen LogP contribution < -0.4 is 20.7 Å². The number of rotatable bonds is 5. The number of hydrogen-bond donors (Lipinski definition) is 3. The first-order valence-corrected chi connectivity index (χ1v) is 10.4. The van der Waals surface area contributed by atoms with Gasteiger partial charge in [0.1, 0.15) is 11.5 Å². The Kier molecular flexibility index (Phi) is 7.42. The summed E-state index contributed by atoms with van der Waals surface area (Å²) in [5, 5.41) is 12.0. The van der Waals surface area contributed by atoms with E-state index in [-0.39, 0.29) is 17.3 Å². The standard InChI is InChI=1S/C24H26N6O4/c1-24(2,3)19-14-20(30-34-19)29-22(32)28-17-11-9-16(10-12-17)27-21(31)15-7-6-8-18(13-15)33-23(25-4)26-5/h6-14H,4H2,1-3,5H3,(H,27,31)(H2,28,29,30,32)/b26-23+. The molecule has 0 radical (unpaired) electrons. The van der Waals surface area contributed by atoms with Crippen molar-refractivity contribution in [3.8, 4) is 5.75 Å². The lowest BCUT2D eigenvalue weighted by molar-refractivity contribution is 0.102. The van der Waals surface area contributed by atoms with E-state index in [1.54, 1.807) is 54.6 Å². The summed E-state index contributed by atoms with van der Waals surface area (Å²) in [7, 11) is 1.53. The number of benzene rings is 2. The van der Waals surface area contributed by atoms with Crippen molar-refractivity contribution in [1.29, 1.82) is 0 Å². The largest absolute Gasteiger partial charge is 0.425 e. The minimum atomic E-state index is -0.466. The number of amidine groups is 1. The number of urea groups is 1. The Morgan fingerprint density at radius 1 is 1.00 bits per heavy atom. The van der Waals surface area contributed by atoms with Crippen molar-refractivity contribution >= 4 is 41.9 Å². The molecule has 176 valence electrons.